The van der Waals surface area contributed by atoms with Crippen LogP contribution in [0, 0.1) is 13.8 Å². The molecule has 2 aliphatic rings. The number of benzene rings is 4. The fraction of sp³-hybridized carbons (Fsp3) is 0.333. The Morgan fingerprint density at radius 3 is 2.19 bits per heavy atom. The van der Waals surface area contributed by atoms with Gasteiger partial charge in [-0.1, -0.05) is 60.7 Å². The number of amides is 2. The molecule has 1 fully saturated rings. The van der Waals surface area contributed by atoms with Crippen LogP contribution < -0.4 is 28.4 Å². The summed E-state index contributed by atoms with van der Waals surface area (Å²) in [5.41, 5.74) is 4.30. The topological polar surface area (TPSA) is 125 Å². The Morgan fingerprint density at radius 1 is 0.889 bits per heavy atom. The largest absolute Gasteiger partial charge is 0.496 e. The Bertz CT molecular complexity index is 2020. The zero-order chi connectivity index (χ0) is 38.5. The van der Waals surface area contributed by atoms with Crippen LogP contribution in [0.25, 0.3) is 6.08 Å². The smallest absolute Gasteiger partial charge is 0.413 e. The lowest BCUT2D eigenvalue weighted by Gasteiger charge is -2.45. The number of aliphatic hydroxyl groups excluding tert-OH is 1. The fourth-order valence-electron chi connectivity index (χ4n) is 6.91. The zero-order valence-corrected chi connectivity index (χ0v) is 31.6. The van der Waals surface area contributed by atoms with E-state index >= 15 is 4.79 Å². The van der Waals surface area contributed by atoms with E-state index < -0.39 is 30.4 Å². The summed E-state index contributed by atoms with van der Waals surface area (Å²) in [5.74, 6) is 2.41. The van der Waals surface area contributed by atoms with Crippen LogP contribution >= 0.6 is 0 Å². The highest BCUT2D eigenvalue weighted by atomic mass is 16.7. The first-order chi connectivity index (χ1) is 26.1. The van der Waals surface area contributed by atoms with Crippen LogP contribution in [-0.4, -0.2) is 73.4 Å². The third-order valence-corrected chi connectivity index (χ3v) is 9.40. The van der Waals surface area contributed by atoms with E-state index in [9.17, 15) is 9.90 Å². The summed E-state index contributed by atoms with van der Waals surface area (Å²) in [5, 5.41) is 12.4. The number of piperazine rings is 1. The number of aliphatic hydroxyl groups is 1. The van der Waals surface area contributed by atoms with E-state index in [4.69, 9.17) is 33.2 Å². The Labute approximate surface area is 315 Å². The maximum absolute atomic E-state index is 15.0. The Balaban J connectivity index is 1.51. The molecule has 0 radical (unpaired) electrons. The summed E-state index contributed by atoms with van der Waals surface area (Å²) < 4.78 is 40.7. The molecule has 0 spiro atoms. The van der Waals surface area contributed by atoms with Crippen molar-refractivity contribution >= 4 is 18.1 Å². The number of ether oxygens (including phenoxy) is 7. The van der Waals surface area contributed by atoms with E-state index in [2.05, 4.69) is 0 Å². The van der Waals surface area contributed by atoms with Crippen molar-refractivity contribution in [2.75, 3.05) is 28.1 Å². The van der Waals surface area contributed by atoms with Gasteiger partial charge < -0.3 is 43.2 Å². The molecule has 1 N–H and O–H groups in total. The molecule has 4 aromatic rings. The average molecular weight is 739 g/mol. The molecule has 12 nitrogen and oxygen atoms in total. The molecule has 12 heteroatoms. The standard InChI is InChI=1S/C42H46N2O10/c1-25(2)54-42(47)44-33(19-30-20-34(48-5)38(50-7)26(3)36(30)49-6)40(45)43(22-28-14-10-8-11-15-28)32(41(44)46)18-31-21-35-39(53-24-52-35)27(4)37(31)51-23-29-16-12-9-13-17-29/h8-18,20-21,25,33,41,46H,19,22-24H2,1-7H3/b32-18-. The quantitative estimate of drug-likeness (QED) is 0.166. The third kappa shape index (κ3) is 7.60. The van der Waals surface area contributed by atoms with Crippen molar-refractivity contribution in [1.82, 2.24) is 9.80 Å². The summed E-state index contributed by atoms with van der Waals surface area (Å²) in [6, 6.07) is 21.4. The first kappa shape index (κ1) is 37.9. The van der Waals surface area contributed by atoms with Gasteiger partial charge in [-0.15, -0.1) is 0 Å². The number of fused-ring (bicyclic) bond motifs is 1. The lowest BCUT2D eigenvalue weighted by molar-refractivity contribution is -0.148. The van der Waals surface area contributed by atoms with Crippen molar-refractivity contribution in [3.63, 3.8) is 0 Å². The molecule has 2 amide bonds. The van der Waals surface area contributed by atoms with Crippen LogP contribution in [0.1, 0.15) is 47.2 Å². The van der Waals surface area contributed by atoms with Gasteiger partial charge >= 0.3 is 6.09 Å². The highest BCUT2D eigenvalue weighted by Crippen LogP contribution is 2.45. The summed E-state index contributed by atoms with van der Waals surface area (Å²) in [7, 11) is 4.57. The van der Waals surface area contributed by atoms with E-state index in [0.29, 0.717) is 56.8 Å². The Morgan fingerprint density at radius 2 is 1.56 bits per heavy atom. The molecule has 54 heavy (non-hydrogen) atoms. The molecular weight excluding hydrogens is 692 g/mol. The SMILES string of the molecule is COc1cc(CC2C(=O)N(Cc3ccccc3)/C(=C\c3cc4c(c(C)c3OCc3ccccc3)OCO4)C(O)N2C(=O)OC(C)C)c(OC)c(C)c1OC. The average Bonchev–Trinajstić information content (AvgIpc) is 3.64. The molecule has 284 valence electrons. The maximum Gasteiger partial charge on any atom is 0.413 e. The lowest BCUT2D eigenvalue weighted by Crippen LogP contribution is -2.63. The number of hydrogen-bond donors (Lipinski definition) is 1. The highest BCUT2D eigenvalue weighted by molar-refractivity contribution is 5.91. The van der Waals surface area contributed by atoms with Crippen LogP contribution in [0.15, 0.2) is 78.5 Å². The zero-order valence-electron chi connectivity index (χ0n) is 31.6. The number of hydrogen-bond acceptors (Lipinski definition) is 10. The van der Waals surface area contributed by atoms with Gasteiger partial charge in [0.05, 0.1) is 39.7 Å². The van der Waals surface area contributed by atoms with Gasteiger partial charge in [0.15, 0.2) is 29.2 Å². The molecule has 4 aromatic carbocycles. The fourth-order valence-corrected chi connectivity index (χ4v) is 6.91. The highest BCUT2D eigenvalue weighted by Gasteiger charge is 2.47. The number of carbonyl (C=O) groups is 2. The normalized spacial score (nSPS) is 17.2. The molecule has 2 aliphatic heterocycles. The molecule has 1 saturated heterocycles. The molecule has 0 aliphatic carbocycles. The van der Waals surface area contributed by atoms with E-state index in [1.165, 1.54) is 26.2 Å². The van der Waals surface area contributed by atoms with Crippen molar-refractivity contribution in [2.24, 2.45) is 0 Å². The second-order valence-corrected chi connectivity index (χ2v) is 13.3. The minimum atomic E-state index is -1.64. The van der Waals surface area contributed by atoms with Crippen molar-refractivity contribution in [2.45, 2.75) is 65.6 Å². The van der Waals surface area contributed by atoms with Crippen LogP contribution in [0.3, 0.4) is 0 Å². The van der Waals surface area contributed by atoms with Gasteiger partial charge in [0.2, 0.25) is 6.79 Å². The molecule has 6 rings (SSSR count). The van der Waals surface area contributed by atoms with E-state index in [-0.39, 0.29) is 32.1 Å². The van der Waals surface area contributed by atoms with Crippen molar-refractivity contribution in [3.8, 4) is 34.5 Å². The van der Waals surface area contributed by atoms with Gasteiger partial charge in [0.1, 0.15) is 24.1 Å². The summed E-state index contributed by atoms with van der Waals surface area (Å²) in [6.07, 6.45) is -1.42. The van der Waals surface area contributed by atoms with Crippen molar-refractivity contribution < 1.29 is 47.9 Å². The van der Waals surface area contributed by atoms with Gasteiger partial charge in [-0.25, -0.2) is 4.79 Å². The summed E-state index contributed by atoms with van der Waals surface area (Å²) in [6.45, 7) is 7.46. The van der Waals surface area contributed by atoms with Gasteiger partial charge in [-0.3, -0.25) is 9.69 Å². The molecule has 0 bridgehead atoms. The number of rotatable bonds is 12. The Hall–Kier alpha value is -5.88. The maximum atomic E-state index is 15.0. The third-order valence-electron chi connectivity index (χ3n) is 9.40. The number of carbonyl (C=O) groups excluding carboxylic acids is 2. The second kappa shape index (κ2) is 16.4. The van der Waals surface area contributed by atoms with E-state index in [1.54, 1.807) is 32.1 Å². The minimum Gasteiger partial charge on any atom is -0.496 e. The van der Waals surface area contributed by atoms with Gasteiger partial charge in [-0.2, -0.15) is 0 Å². The van der Waals surface area contributed by atoms with Crippen molar-refractivity contribution in [1.29, 1.82) is 0 Å². The molecule has 2 heterocycles. The van der Waals surface area contributed by atoms with E-state index in [0.717, 1.165) is 16.0 Å². The first-order valence-corrected chi connectivity index (χ1v) is 17.7. The Kier molecular flexibility index (Phi) is 11.5. The number of nitrogens with zero attached hydrogens (tertiary/aromatic N) is 2. The van der Waals surface area contributed by atoms with Crippen LogP contribution in [0.4, 0.5) is 4.79 Å². The second-order valence-electron chi connectivity index (χ2n) is 13.3. The number of methoxy groups -OCH3 is 3. The predicted octanol–water partition coefficient (Wildman–Crippen LogP) is 6.80. The molecule has 0 saturated carbocycles. The minimum absolute atomic E-state index is 0.0329. The first-order valence-electron chi connectivity index (χ1n) is 17.7. The molecule has 0 aromatic heterocycles. The molecule has 2 atom stereocenters. The van der Waals surface area contributed by atoms with Gasteiger partial charge in [-0.05, 0) is 57.0 Å². The monoisotopic (exact) mass is 738 g/mol. The molecule has 2 unspecified atom stereocenters. The van der Waals surface area contributed by atoms with E-state index in [1.807, 2.05) is 74.5 Å². The van der Waals surface area contributed by atoms with Crippen LogP contribution in [0.5, 0.6) is 34.5 Å². The summed E-state index contributed by atoms with van der Waals surface area (Å²) >= 11 is 0. The van der Waals surface area contributed by atoms with Gasteiger partial charge in [0.25, 0.3) is 5.91 Å². The van der Waals surface area contributed by atoms with Crippen LogP contribution in [-0.2, 0) is 29.1 Å². The van der Waals surface area contributed by atoms with Crippen molar-refractivity contribution in [3.05, 3.63) is 112 Å². The summed E-state index contributed by atoms with van der Waals surface area (Å²) in [4.78, 5) is 31.7. The predicted molar refractivity (Wildman–Crippen MR) is 201 cm³/mol. The lowest BCUT2D eigenvalue weighted by atomic mass is 9.95. The van der Waals surface area contributed by atoms with Crippen LogP contribution in [0.2, 0.25) is 0 Å². The molecular formula is C42H46N2O10. The van der Waals surface area contributed by atoms with Gasteiger partial charge in [0, 0.05) is 28.7 Å².